The van der Waals surface area contributed by atoms with Gasteiger partial charge in [0.2, 0.25) is 0 Å². The highest BCUT2D eigenvalue weighted by molar-refractivity contribution is 5.93. The van der Waals surface area contributed by atoms with Gasteiger partial charge in [0.05, 0.1) is 0 Å². The lowest BCUT2D eigenvalue weighted by Crippen LogP contribution is -2.51. The monoisotopic (exact) mass is 541 g/mol. The van der Waals surface area contributed by atoms with Crippen molar-refractivity contribution in [3.8, 4) is 11.8 Å². The van der Waals surface area contributed by atoms with Crippen LogP contribution in [0.4, 0.5) is 14.5 Å². The predicted molar refractivity (Wildman–Crippen MR) is 154 cm³/mol. The maximum atomic E-state index is 14.9. The van der Waals surface area contributed by atoms with Crippen molar-refractivity contribution in [1.29, 1.82) is 0 Å². The van der Waals surface area contributed by atoms with Gasteiger partial charge in [-0.25, -0.2) is 8.78 Å². The summed E-state index contributed by atoms with van der Waals surface area (Å²) in [5.74, 6) is 5.78. The molecule has 0 unspecified atom stereocenters. The van der Waals surface area contributed by atoms with Crippen LogP contribution in [-0.4, -0.2) is 30.6 Å². The number of rotatable bonds is 2. The maximum absolute atomic E-state index is 14.9. The third-order valence-corrected chi connectivity index (χ3v) is 10.4. The van der Waals surface area contributed by atoms with Crippen molar-refractivity contribution >= 4 is 11.5 Å². The number of hydrogen-bond acceptors (Lipinski definition) is 3. The molecule has 6 rings (SSSR count). The molecule has 0 aliphatic heterocycles. The first-order chi connectivity index (χ1) is 19.0. The predicted octanol–water partition coefficient (Wildman–Crippen LogP) is 7.02. The number of carbonyl (C=O) groups is 1. The van der Waals surface area contributed by atoms with E-state index in [2.05, 4.69) is 18.8 Å². The summed E-state index contributed by atoms with van der Waals surface area (Å²) in [6, 6.07) is 11.0. The van der Waals surface area contributed by atoms with E-state index in [0.717, 1.165) is 36.1 Å². The summed E-state index contributed by atoms with van der Waals surface area (Å²) in [5.41, 5.74) is 4.36. The van der Waals surface area contributed by atoms with E-state index in [9.17, 15) is 18.7 Å². The largest absolute Gasteiger partial charge is 0.378 e. The van der Waals surface area contributed by atoms with Gasteiger partial charge in [-0.15, -0.1) is 0 Å². The molecule has 0 heterocycles. The minimum absolute atomic E-state index is 0.0221. The molecule has 4 aliphatic rings. The molecule has 2 aromatic rings. The number of nitrogens with zero attached hydrogens (tertiary/aromatic N) is 1. The van der Waals surface area contributed by atoms with Gasteiger partial charge < -0.3 is 10.0 Å². The highest BCUT2D eigenvalue weighted by atomic mass is 19.1. The second-order valence-corrected chi connectivity index (χ2v) is 12.7. The molecule has 2 aromatic carbocycles. The van der Waals surface area contributed by atoms with E-state index in [-0.39, 0.29) is 29.1 Å². The summed E-state index contributed by atoms with van der Waals surface area (Å²) < 4.78 is 29.8. The smallest absolute Gasteiger partial charge is 0.156 e. The maximum Gasteiger partial charge on any atom is 0.156 e. The molecule has 2 saturated carbocycles. The van der Waals surface area contributed by atoms with Crippen LogP contribution < -0.4 is 4.90 Å². The summed E-state index contributed by atoms with van der Waals surface area (Å²) >= 11 is 0. The number of benzene rings is 2. The van der Waals surface area contributed by atoms with Crippen LogP contribution in [-0.2, 0) is 4.79 Å². The molecular formula is C35H37F2NO2. The number of hydrogen-bond donors (Lipinski definition) is 1. The summed E-state index contributed by atoms with van der Waals surface area (Å²) in [4.78, 5) is 14.3. The fourth-order valence-corrected chi connectivity index (χ4v) is 8.05. The summed E-state index contributed by atoms with van der Waals surface area (Å²) in [6.07, 6.45) is 6.63. The molecule has 1 N–H and O–H groups in total. The number of fused-ring (bicyclic) bond motifs is 4. The van der Waals surface area contributed by atoms with Crippen LogP contribution in [0.5, 0.6) is 0 Å². The molecular weight excluding hydrogens is 504 g/mol. The van der Waals surface area contributed by atoms with E-state index in [0.29, 0.717) is 31.2 Å². The molecule has 0 saturated heterocycles. The van der Waals surface area contributed by atoms with Gasteiger partial charge >= 0.3 is 0 Å². The molecule has 3 nitrogen and oxygen atoms in total. The van der Waals surface area contributed by atoms with E-state index in [4.69, 9.17) is 0 Å². The minimum Gasteiger partial charge on any atom is -0.378 e. The standard InChI is InChI=1S/C35H37F2NO2/c1-21-31(36)18-24(19-32(21)37)29-20-34(2)30(28-11-7-23-17-26(39)10-12-27(23)33(28)29)14-16-35(34,40)15-13-22-5-8-25(9-6-22)38(3)4/h5-6,8-9,17-19,28-30,40H,7,10-12,14,16,20H2,1-4H3/t28-,29+,30-,34-,35-/m0/s1. The molecule has 2 fully saturated rings. The van der Waals surface area contributed by atoms with Crippen LogP contribution in [0.1, 0.15) is 74.5 Å². The molecule has 0 radical (unpaired) electrons. The van der Waals surface area contributed by atoms with E-state index in [1.165, 1.54) is 30.2 Å². The van der Waals surface area contributed by atoms with Crippen molar-refractivity contribution in [1.82, 2.24) is 0 Å². The van der Waals surface area contributed by atoms with Crippen molar-refractivity contribution in [2.75, 3.05) is 19.0 Å². The number of allylic oxidation sites excluding steroid dienone is 4. The van der Waals surface area contributed by atoms with Gasteiger partial charge in [0.1, 0.15) is 17.2 Å². The van der Waals surface area contributed by atoms with Crippen LogP contribution >= 0.6 is 0 Å². The van der Waals surface area contributed by atoms with Gasteiger partial charge in [0.15, 0.2) is 5.78 Å². The van der Waals surface area contributed by atoms with E-state index in [1.54, 1.807) is 6.08 Å². The van der Waals surface area contributed by atoms with Crippen LogP contribution in [0.2, 0.25) is 0 Å². The zero-order valence-electron chi connectivity index (χ0n) is 23.8. The van der Waals surface area contributed by atoms with Crippen molar-refractivity contribution in [2.45, 2.75) is 70.3 Å². The lowest BCUT2D eigenvalue weighted by atomic mass is 9.51. The van der Waals surface area contributed by atoms with Gasteiger partial charge in [0.25, 0.3) is 0 Å². The third-order valence-electron chi connectivity index (χ3n) is 10.4. The number of aliphatic hydroxyl groups is 1. The summed E-state index contributed by atoms with van der Waals surface area (Å²) in [6.45, 7) is 3.60. The summed E-state index contributed by atoms with van der Waals surface area (Å²) in [7, 11) is 3.99. The third kappa shape index (κ3) is 4.23. The highest BCUT2D eigenvalue weighted by Crippen LogP contribution is 2.66. The molecule has 208 valence electrons. The Kier molecular flexibility index (Phi) is 6.54. The lowest BCUT2D eigenvalue weighted by Gasteiger charge is -2.53. The van der Waals surface area contributed by atoms with Crippen molar-refractivity contribution in [3.63, 3.8) is 0 Å². The fourth-order valence-electron chi connectivity index (χ4n) is 8.05. The minimum atomic E-state index is -1.22. The Bertz CT molecular complexity index is 1490. The highest BCUT2D eigenvalue weighted by Gasteiger charge is 2.62. The van der Waals surface area contributed by atoms with Crippen molar-refractivity contribution in [3.05, 3.63) is 87.5 Å². The number of ketones is 1. The average Bonchev–Trinajstić information content (AvgIpc) is 3.20. The molecule has 0 aromatic heterocycles. The van der Waals surface area contributed by atoms with Gasteiger partial charge in [-0.05, 0) is 116 Å². The Balaban J connectivity index is 1.45. The van der Waals surface area contributed by atoms with E-state index >= 15 is 0 Å². The van der Waals surface area contributed by atoms with Crippen LogP contribution in [0.15, 0.2) is 59.2 Å². The lowest BCUT2D eigenvalue weighted by molar-refractivity contribution is -0.114. The molecule has 0 spiro atoms. The van der Waals surface area contributed by atoms with Gasteiger partial charge in [0, 0.05) is 48.7 Å². The fraction of sp³-hybridized carbons (Fsp3) is 0.457. The van der Waals surface area contributed by atoms with Gasteiger partial charge in [-0.1, -0.05) is 24.3 Å². The molecule has 5 atom stereocenters. The number of halogens is 2. The zero-order valence-corrected chi connectivity index (χ0v) is 23.8. The Morgan fingerprint density at radius 3 is 2.40 bits per heavy atom. The van der Waals surface area contributed by atoms with Gasteiger partial charge in [-0.3, -0.25) is 4.79 Å². The normalized spacial score (nSPS) is 31.0. The summed E-state index contributed by atoms with van der Waals surface area (Å²) in [5, 5.41) is 12.2. The van der Waals surface area contributed by atoms with Crippen LogP contribution in [0, 0.1) is 47.6 Å². The van der Waals surface area contributed by atoms with Gasteiger partial charge in [-0.2, -0.15) is 0 Å². The molecule has 40 heavy (non-hydrogen) atoms. The molecule has 0 bridgehead atoms. The Morgan fingerprint density at radius 2 is 1.73 bits per heavy atom. The Morgan fingerprint density at radius 1 is 1.02 bits per heavy atom. The first-order valence-corrected chi connectivity index (χ1v) is 14.5. The first-order valence-electron chi connectivity index (χ1n) is 14.5. The molecule has 0 amide bonds. The second kappa shape index (κ2) is 9.70. The Hall–Kier alpha value is -3.23. The van der Waals surface area contributed by atoms with E-state index in [1.807, 2.05) is 43.3 Å². The van der Waals surface area contributed by atoms with Crippen LogP contribution in [0.3, 0.4) is 0 Å². The zero-order chi connectivity index (χ0) is 28.4. The number of anilines is 1. The molecule has 5 heteroatoms. The van der Waals surface area contributed by atoms with Crippen molar-refractivity contribution < 1.29 is 18.7 Å². The quantitative estimate of drug-likeness (QED) is 0.416. The topological polar surface area (TPSA) is 40.5 Å². The SMILES string of the molecule is Cc1c(F)cc([C@H]2C[C@@]3(C)[C@@H](CC[C@@]3(O)C#Cc3ccc(N(C)C)cc3)[C@@H]3CCC4=CC(=O)CCC4=C32)cc1F. The average molecular weight is 542 g/mol. The Labute approximate surface area is 236 Å². The van der Waals surface area contributed by atoms with Crippen LogP contribution in [0.25, 0.3) is 0 Å². The number of carbonyl (C=O) groups excluding carboxylic acids is 1. The second-order valence-electron chi connectivity index (χ2n) is 12.7. The first kappa shape index (κ1) is 27.0. The molecule has 4 aliphatic carbocycles. The van der Waals surface area contributed by atoms with Crippen molar-refractivity contribution in [2.24, 2.45) is 17.3 Å². The van der Waals surface area contributed by atoms with E-state index < -0.39 is 22.7 Å².